The molecule has 340 valence electrons. The first-order valence-corrected chi connectivity index (χ1v) is 22.8. The number of ether oxygens (including phenoxy) is 3. The number of carbonyl (C=O) groups excluding carboxylic acids is 1. The number of hydrogen-bond donors (Lipinski definition) is 2. The molecule has 1 aliphatic heterocycles. The van der Waals surface area contributed by atoms with Gasteiger partial charge in [0.25, 0.3) is 5.91 Å². The largest absolute Gasteiger partial charge is 0.459 e. The molecule has 8 rings (SSSR count). The zero-order valence-corrected chi connectivity index (χ0v) is 37.2. The molecule has 5 aromatic rings. The Morgan fingerprint density at radius 1 is 0.909 bits per heavy atom. The molecule has 0 saturated heterocycles. The van der Waals surface area contributed by atoms with Crippen LogP contribution in [0, 0.1) is 34.9 Å². The fourth-order valence-electron chi connectivity index (χ4n) is 10.3. The van der Waals surface area contributed by atoms with Gasteiger partial charge in [-0.15, -0.1) is 6.58 Å². The number of nitrogens with zero attached hydrogens (tertiary/aromatic N) is 3. The third-order valence-electron chi connectivity index (χ3n) is 13.2. The third kappa shape index (κ3) is 9.68. The molecular weight excluding hydrogens is 834 g/mol. The molecule has 2 N–H and O–H groups in total. The second-order valence-corrected chi connectivity index (χ2v) is 17.2. The SMILES string of the molecule is C=CCOC12Oc3ccc(Oc4ccc(-c5ccccc5)cc4)cc3C3C(CCCCO)C(CCCCO)C=C(C(=NOC)CC1N(Cc1ccc(F)cc1)C(=O)c1ccc(C#N)cc1)C32. The second kappa shape index (κ2) is 21.2. The van der Waals surface area contributed by atoms with Crippen molar-refractivity contribution in [2.75, 3.05) is 26.9 Å². The van der Waals surface area contributed by atoms with Crippen molar-refractivity contribution in [2.24, 2.45) is 22.9 Å². The van der Waals surface area contributed by atoms with Crippen LogP contribution in [0.3, 0.4) is 0 Å². The van der Waals surface area contributed by atoms with Gasteiger partial charge in [-0.1, -0.05) is 84.7 Å². The summed E-state index contributed by atoms with van der Waals surface area (Å²) >= 11 is 0. The normalized spacial score (nSPS) is 22.2. The smallest absolute Gasteiger partial charge is 0.254 e. The van der Waals surface area contributed by atoms with Gasteiger partial charge in [-0.05, 0) is 127 Å². The van der Waals surface area contributed by atoms with Crippen molar-refractivity contribution in [2.45, 2.75) is 69.2 Å². The standard InChI is InChI=1S/C55H56FN3O7/c1-3-31-64-55-51(59(36-38-17-23-43(56)24-18-38)54(62)41-19-15-37(35-57)16-20-41)34-49(58-63-2)47-32-42(13-7-9-29-60)46(14-8-10-30-61)52(53(47)55)48-33-45(27-28-50(48)66-55)65-44-25-21-40(22-26-44)39-11-5-4-6-12-39/h3-6,11-12,15-28,32-33,42,46,51-53,60-61H,1,7-10,13-14,29-31,34,36H2,2H3. The molecule has 5 aromatic carbocycles. The van der Waals surface area contributed by atoms with Crippen LogP contribution in [-0.4, -0.2) is 65.5 Å². The highest BCUT2D eigenvalue weighted by atomic mass is 19.1. The van der Waals surface area contributed by atoms with Crippen molar-refractivity contribution in [3.63, 3.8) is 0 Å². The van der Waals surface area contributed by atoms with Gasteiger partial charge >= 0.3 is 0 Å². The van der Waals surface area contributed by atoms with Gasteiger partial charge in [0.05, 0.1) is 29.9 Å². The highest BCUT2D eigenvalue weighted by molar-refractivity contribution is 6.03. The van der Waals surface area contributed by atoms with E-state index in [2.05, 4.69) is 36.9 Å². The molecule has 0 spiro atoms. The highest BCUT2D eigenvalue weighted by Gasteiger charge is 2.65. The average molecular weight is 890 g/mol. The van der Waals surface area contributed by atoms with Crippen LogP contribution in [0.2, 0.25) is 0 Å². The maximum Gasteiger partial charge on any atom is 0.254 e. The molecule has 0 bridgehead atoms. The molecule has 11 heteroatoms. The van der Waals surface area contributed by atoms with Gasteiger partial charge in [0.1, 0.15) is 36.2 Å². The van der Waals surface area contributed by atoms with Gasteiger partial charge in [-0.2, -0.15) is 5.26 Å². The maximum atomic E-state index is 15.2. The van der Waals surface area contributed by atoms with Crippen molar-refractivity contribution >= 4 is 11.6 Å². The topological polar surface area (TPSA) is 134 Å². The summed E-state index contributed by atoms with van der Waals surface area (Å²) in [5, 5.41) is 34.3. The fourth-order valence-corrected chi connectivity index (χ4v) is 10.3. The lowest BCUT2D eigenvalue weighted by Crippen LogP contribution is -2.70. The molecule has 1 amide bonds. The summed E-state index contributed by atoms with van der Waals surface area (Å²) < 4.78 is 35.5. The number of halogens is 1. The van der Waals surface area contributed by atoms with E-state index < -0.39 is 23.6 Å². The molecule has 10 nitrogen and oxygen atoms in total. The summed E-state index contributed by atoms with van der Waals surface area (Å²) in [6, 6.07) is 37.9. The van der Waals surface area contributed by atoms with Crippen molar-refractivity contribution in [3.8, 4) is 34.4 Å². The number of hydrogen-bond acceptors (Lipinski definition) is 9. The van der Waals surface area contributed by atoms with E-state index in [1.807, 2.05) is 54.6 Å². The number of carbonyl (C=O) groups is 1. The van der Waals surface area contributed by atoms with E-state index in [0.717, 1.165) is 47.9 Å². The zero-order valence-electron chi connectivity index (χ0n) is 37.2. The Kier molecular flexibility index (Phi) is 14.7. The number of benzene rings is 5. The van der Waals surface area contributed by atoms with Crippen LogP contribution in [0.4, 0.5) is 4.39 Å². The van der Waals surface area contributed by atoms with Crippen LogP contribution < -0.4 is 9.47 Å². The average Bonchev–Trinajstić information content (AvgIpc) is 3.35. The van der Waals surface area contributed by atoms with Gasteiger partial charge in [-0.25, -0.2) is 4.39 Å². The van der Waals surface area contributed by atoms with Crippen molar-refractivity contribution in [1.29, 1.82) is 5.26 Å². The lowest BCUT2D eigenvalue weighted by atomic mass is 9.55. The van der Waals surface area contributed by atoms with Gasteiger partial charge in [-0.3, -0.25) is 4.79 Å². The number of nitriles is 1. The Bertz CT molecular complexity index is 2560. The molecule has 1 fully saturated rings. The molecule has 1 saturated carbocycles. The minimum atomic E-state index is -1.52. The minimum absolute atomic E-state index is 0.000996. The predicted octanol–water partition coefficient (Wildman–Crippen LogP) is 10.8. The summed E-state index contributed by atoms with van der Waals surface area (Å²) in [6.07, 6.45) is 8.55. The Morgan fingerprint density at radius 3 is 2.29 bits per heavy atom. The number of rotatable bonds is 19. The quantitative estimate of drug-likeness (QED) is 0.0476. The predicted molar refractivity (Wildman–Crippen MR) is 251 cm³/mol. The monoisotopic (exact) mass is 889 g/mol. The van der Waals surface area contributed by atoms with E-state index >= 15 is 4.79 Å². The van der Waals surface area contributed by atoms with Gasteiger partial charge in [0.15, 0.2) is 0 Å². The Balaban J connectivity index is 1.31. The Morgan fingerprint density at radius 2 is 1.61 bits per heavy atom. The van der Waals surface area contributed by atoms with E-state index in [1.165, 1.54) is 19.2 Å². The number of allylic oxidation sites excluding steroid dienone is 1. The molecule has 0 aromatic heterocycles. The van der Waals surface area contributed by atoms with Crippen molar-refractivity contribution in [3.05, 3.63) is 174 Å². The van der Waals surface area contributed by atoms with E-state index in [1.54, 1.807) is 47.4 Å². The van der Waals surface area contributed by atoms with E-state index in [-0.39, 0.29) is 56.4 Å². The Labute approximate surface area is 386 Å². The maximum absolute atomic E-state index is 15.2. The first-order valence-electron chi connectivity index (χ1n) is 22.8. The summed E-state index contributed by atoms with van der Waals surface area (Å²) in [6.45, 7) is 4.34. The molecule has 1 heterocycles. The van der Waals surface area contributed by atoms with Crippen LogP contribution in [0.5, 0.6) is 17.2 Å². The number of fused-ring (bicyclic) bond motifs is 2. The molecule has 66 heavy (non-hydrogen) atoms. The third-order valence-corrected chi connectivity index (χ3v) is 13.2. The molecule has 6 atom stereocenters. The summed E-state index contributed by atoms with van der Waals surface area (Å²) in [7, 11) is 1.51. The van der Waals surface area contributed by atoms with Gasteiger partial charge in [0.2, 0.25) is 5.79 Å². The lowest BCUT2D eigenvalue weighted by molar-refractivity contribution is -0.255. The minimum Gasteiger partial charge on any atom is -0.459 e. The van der Waals surface area contributed by atoms with Gasteiger partial charge < -0.3 is 34.2 Å². The molecule has 6 unspecified atom stereocenters. The summed E-state index contributed by atoms with van der Waals surface area (Å²) in [4.78, 5) is 22.6. The first-order chi connectivity index (χ1) is 32.3. The van der Waals surface area contributed by atoms with Crippen LogP contribution in [-0.2, 0) is 16.1 Å². The van der Waals surface area contributed by atoms with Crippen LogP contribution in [0.25, 0.3) is 11.1 Å². The van der Waals surface area contributed by atoms with Gasteiger partial charge in [0, 0.05) is 43.2 Å². The number of aliphatic hydroxyl groups is 2. The zero-order chi connectivity index (χ0) is 46.0. The van der Waals surface area contributed by atoms with Crippen molar-refractivity contribution in [1.82, 2.24) is 4.90 Å². The highest BCUT2D eigenvalue weighted by Crippen LogP contribution is 2.62. The number of unbranched alkanes of at least 4 members (excludes halogenated alkanes) is 2. The van der Waals surface area contributed by atoms with Crippen LogP contribution in [0.1, 0.15) is 77.9 Å². The lowest BCUT2D eigenvalue weighted by Gasteiger charge is -2.60. The number of oxime groups is 1. The molecule has 2 aliphatic carbocycles. The molecular formula is C55H56FN3O7. The van der Waals surface area contributed by atoms with Crippen molar-refractivity contribution < 1.29 is 38.4 Å². The van der Waals surface area contributed by atoms with Crippen LogP contribution in [0.15, 0.2) is 151 Å². The summed E-state index contributed by atoms with van der Waals surface area (Å²) in [5.74, 6) is -1.16. The van der Waals surface area contributed by atoms with E-state index in [4.69, 9.17) is 24.2 Å². The van der Waals surface area contributed by atoms with E-state index in [0.29, 0.717) is 52.5 Å². The Hall–Kier alpha value is -6.58. The fraction of sp³-hybridized carbons (Fsp3) is 0.327. The number of amides is 1. The molecule has 3 aliphatic rings. The second-order valence-electron chi connectivity index (χ2n) is 17.2. The number of aliphatic hydroxyl groups excluding tert-OH is 2. The molecule has 0 radical (unpaired) electrons. The van der Waals surface area contributed by atoms with E-state index in [9.17, 15) is 19.9 Å². The van der Waals surface area contributed by atoms with Crippen LogP contribution >= 0.6 is 0 Å². The summed E-state index contributed by atoms with van der Waals surface area (Å²) in [5.41, 5.74) is 6.09. The first kappa shape index (κ1) is 46.0.